The minimum atomic E-state index is -1.17. The minimum absolute atomic E-state index is 0.182. The summed E-state index contributed by atoms with van der Waals surface area (Å²) in [4.78, 5) is 28.8. The third-order valence-corrected chi connectivity index (χ3v) is 2.07. The van der Waals surface area contributed by atoms with Crippen LogP contribution in [0.2, 0.25) is 0 Å². The smallest absolute Gasteiger partial charge is 0.356 e. The Morgan fingerprint density at radius 3 is 2.47 bits per heavy atom. The van der Waals surface area contributed by atoms with Gasteiger partial charge in [-0.05, 0) is 6.42 Å². The molecule has 1 unspecified atom stereocenters. The summed E-state index contributed by atoms with van der Waals surface area (Å²) in [5.41, 5.74) is -0.182. The maximum Gasteiger partial charge on any atom is 0.356 e. The van der Waals surface area contributed by atoms with Crippen molar-refractivity contribution < 1.29 is 19.8 Å². The summed E-state index contributed by atoms with van der Waals surface area (Å²) >= 11 is 0. The number of aromatic carboxylic acids is 1. The second kappa shape index (κ2) is 5.78. The molecular formula is C10H13N3O4. The summed E-state index contributed by atoms with van der Waals surface area (Å²) in [5.74, 6) is -1.90. The highest BCUT2D eigenvalue weighted by Crippen LogP contribution is 2.07. The van der Waals surface area contributed by atoms with E-state index in [9.17, 15) is 9.59 Å². The maximum absolute atomic E-state index is 10.9. The molecule has 0 spiro atoms. The molecule has 1 aromatic heterocycles. The number of aliphatic carboxylic acids is 1. The largest absolute Gasteiger partial charge is 0.480 e. The molecule has 1 heterocycles. The molecule has 3 N–H and O–H groups in total. The molecular weight excluding hydrogens is 226 g/mol. The van der Waals surface area contributed by atoms with Gasteiger partial charge in [-0.2, -0.15) is 0 Å². The molecule has 17 heavy (non-hydrogen) atoms. The van der Waals surface area contributed by atoms with E-state index < -0.39 is 18.0 Å². The van der Waals surface area contributed by atoms with Gasteiger partial charge in [-0.15, -0.1) is 0 Å². The van der Waals surface area contributed by atoms with Gasteiger partial charge < -0.3 is 15.5 Å². The van der Waals surface area contributed by atoms with Gasteiger partial charge in [0.2, 0.25) is 0 Å². The SMILES string of the molecule is CCCC(Nc1cnc(C(=O)O)cn1)C(=O)O. The zero-order chi connectivity index (χ0) is 12.8. The summed E-state index contributed by atoms with van der Waals surface area (Å²) in [6, 6.07) is -0.745. The number of carboxylic acids is 2. The van der Waals surface area contributed by atoms with Crippen LogP contribution >= 0.6 is 0 Å². The van der Waals surface area contributed by atoms with Crippen LogP contribution in [0.15, 0.2) is 12.4 Å². The van der Waals surface area contributed by atoms with E-state index in [1.54, 1.807) is 0 Å². The molecule has 1 atom stereocenters. The lowest BCUT2D eigenvalue weighted by atomic mass is 10.2. The van der Waals surface area contributed by atoms with Crippen LogP contribution in [0.4, 0.5) is 5.82 Å². The van der Waals surface area contributed by atoms with Crippen molar-refractivity contribution in [3.63, 3.8) is 0 Å². The predicted molar refractivity (Wildman–Crippen MR) is 58.9 cm³/mol. The van der Waals surface area contributed by atoms with Crippen molar-refractivity contribution in [3.05, 3.63) is 18.1 Å². The van der Waals surface area contributed by atoms with E-state index in [0.29, 0.717) is 12.8 Å². The Balaban J connectivity index is 2.73. The summed E-state index contributed by atoms with van der Waals surface area (Å²) in [7, 11) is 0. The van der Waals surface area contributed by atoms with Crippen molar-refractivity contribution >= 4 is 17.8 Å². The van der Waals surface area contributed by atoms with Gasteiger partial charge in [-0.25, -0.2) is 19.6 Å². The first-order valence-corrected chi connectivity index (χ1v) is 5.09. The standard InChI is InChI=1S/C10H13N3O4/c1-2-3-6(9(14)15)13-8-5-11-7(4-12-8)10(16)17/h4-6H,2-3H2,1H3,(H,12,13)(H,14,15)(H,16,17). The van der Waals surface area contributed by atoms with Crippen LogP contribution in [0, 0.1) is 0 Å². The third-order valence-electron chi connectivity index (χ3n) is 2.07. The molecule has 0 fully saturated rings. The molecule has 0 radical (unpaired) electrons. The molecule has 92 valence electrons. The first-order chi connectivity index (χ1) is 8.04. The fourth-order valence-electron chi connectivity index (χ4n) is 1.24. The number of carbonyl (C=O) groups is 2. The summed E-state index contributed by atoms with van der Waals surface area (Å²) in [5, 5.41) is 20.2. The van der Waals surface area contributed by atoms with E-state index in [0.717, 1.165) is 6.20 Å². The number of nitrogens with one attached hydrogen (secondary N) is 1. The first kappa shape index (κ1) is 12.9. The third kappa shape index (κ3) is 3.71. The lowest BCUT2D eigenvalue weighted by Gasteiger charge is -2.13. The molecule has 0 aliphatic heterocycles. The zero-order valence-electron chi connectivity index (χ0n) is 9.25. The topological polar surface area (TPSA) is 112 Å². The summed E-state index contributed by atoms with van der Waals surface area (Å²) in [6.45, 7) is 1.87. The van der Waals surface area contributed by atoms with E-state index in [2.05, 4.69) is 15.3 Å². The number of hydrogen-bond acceptors (Lipinski definition) is 5. The normalized spacial score (nSPS) is 11.8. The quantitative estimate of drug-likeness (QED) is 0.674. The molecule has 0 amide bonds. The van der Waals surface area contributed by atoms with Crippen molar-refractivity contribution in [2.24, 2.45) is 0 Å². The second-order valence-corrected chi connectivity index (χ2v) is 3.42. The highest BCUT2D eigenvalue weighted by Gasteiger charge is 2.16. The van der Waals surface area contributed by atoms with Crippen LogP contribution in [0.5, 0.6) is 0 Å². The average molecular weight is 239 g/mol. The van der Waals surface area contributed by atoms with Gasteiger partial charge in [0.15, 0.2) is 5.69 Å². The van der Waals surface area contributed by atoms with Crippen molar-refractivity contribution in [1.82, 2.24) is 9.97 Å². The average Bonchev–Trinajstić information content (AvgIpc) is 2.29. The molecule has 1 aromatic rings. The Morgan fingerprint density at radius 1 is 1.35 bits per heavy atom. The van der Waals surface area contributed by atoms with Crippen molar-refractivity contribution in [3.8, 4) is 0 Å². The summed E-state index contributed by atoms with van der Waals surface area (Å²) in [6.07, 6.45) is 3.45. The van der Waals surface area contributed by atoms with Crippen LogP contribution in [-0.2, 0) is 4.79 Å². The Kier molecular flexibility index (Phi) is 4.38. The highest BCUT2D eigenvalue weighted by atomic mass is 16.4. The highest BCUT2D eigenvalue weighted by molar-refractivity contribution is 5.85. The van der Waals surface area contributed by atoms with E-state index in [1.165, 1.54) is 6.20 Å². The predicted octanol–water partition coefficient (Wildman–Crippen LogP) is 0.840. The molecule has 7 nitrogen and oxygen atoms in total. The zero-order valence-corrected chi connectivity index (χ0v) is 9.25. The Bertz CT molecular complexity index is 405. The van der Waals surface area contributed by atoms with Crippen molar-refractivity contribution in [1.29, 1.82) is 0 Å². The molecule has 0 aliphatic carbocycles. The number of anilines is 1. The van der Waals surface area contributed by atoms with Crippen LogP contribution in [0.3, 0.4) is 0 Å². The van der Waals surface area contributed by atoms with Gasteiger partial charge in [-0.3, -0.25) is 0 Å². The Hall–Kier alpha value is -2.18. The van der Waals surface area contributed by atoms with E-state index >= 15 is 0 Å². The Labute approximate surface area is 97.5 Å². The monoisotopic (exact) mass is 239 g/mol. The minimum Gasteiger partial charge on any atom is -0.480 e. The number of carboxylic acid groups (broad SMARTS) is 2. The molecule has 0 bridgehead atoms. The summed E-state index contributed by atoms with van der Waals surface area (Å²) < 4.78 is 0. The van der Waals surface area contributed by atoms with Gasteiger partial charge in [0, 0.05) is 0 Å². The van der Waals surface area contributed by atoms with Crippen LogP contribution in [0.25, 0.3) is 0 Å². The Morgan fingerprint density at radius 2 is 2.06 bits per heavy atom. The lowest BCUT2D eigenvalue weighted by molar-refractivity contribution is -0.138. The number of aromatic nitrogens is 2. The van der Waals surface area contributed by atoms with Crippen molar-refractivity contribution in [2.45, 2.75) is 25.8 Å². The number of rotatable bonds is 6. The van der Waals surface area contributed by atoms with Crippen molar-refractivity contribution in [2.75, 3.05) is 5.32 Å². The van der Waals surface area contributed by atoms with E-state index in [-0.39, 0.29) is 11.5 Å². The van der Waals surface area contributed by atoms with Gasteiger partial charge in [0.05, 0.1) is 12.4 Å². The van der Waals surface area contributed by atoms with Gasteiger partial charge in [0.25, 0.3) is 0 Å². The van der Waals surface area contributed by atoms with Crippen LogP contribution in [0.1, 0.15) is 30.3 Å². The first-order valence-electron chi connectivity index (χ1n) is 5.09. The molecule has 7 heteroatoms. The maximum atomic E-state index is 10.9. The fraction of sp³-hybridized carbons (Fsp3) is 0.400. The van der Waals surface area contributed by atoms with Gasteiger partial charge in [0.1, 0.15) is 11.9 Å². The lowest BCUT2D eigenvalue weighted by Crippen LogP contribution is -2.29. The molecule has 0 aromatic carbocycles. The van der Waals surface area contributed by atoms with Gasteiger partial charge >= 0.3 is 11.9 Å². The van der Waals surface area contributed by atoms with E-state index in [1.807, 2.05) is 6.92 Å². The molecule has 0 saturated carbocycles. The van der Waals surface area contributed by atoms with Crippen LogP contribution in [-0.4, -0.2) is 38.2 Å². The second-order valence-electron chi connectivity index (χ2n) is 3.42. The molecule has 1 rings (SSSR count). The number of hydrogen-bond donors (Lipinski definition) is 3. The van der Waals surface area contributed by atoms with Crippen LogP contribution < -0.4 is 5.32 Å². The molecule has 0 aliphatic rings. The van der Waals surface area contributed by atoms with E-state index in [4.69, 9.17) is 10.2 Å². The van der Waals surface area contributed by atoms with Gasteiger partial charge in [-0.1, -0.05) is 13.3 Å². The number of nitrogens with zero attached hydrogens (tertiary/aromatic N) is 2. The molecule has 0 saturated heterocycles. The fourth-order valence-corrected chi connectivity index (χ4v) is 1.24.